The Balaban J connectivity index is 1.75. The molecule has 4 aliphatic carbocycles. The monoisotopic (exact) mass is 564 g/mol. The molecule has 0 radical (unpaired) electrons. The number of hydrogen-bond donors (Lipinski definition) is 4. The van der Waals surface area contributed by atoms with Gasteiger partial charge in [0.25, 0.3) is 0 Å². The second-order valence-corrected chi connectivity index (χ2v) is 14.3. The molecule has 4 aliphatic rings. The van der Waals surface area contributed by atoms with Crippen molar-refractivity contribution in [1.82, 2.24) is 0 Å². The lowest BCUT2D eigenvalue weighted by Crippen LogP contribution is -2.69. The molecule has 7 heteroatoms. The number of carbonyl (C=O) groups is 3. The number of Topliss-reactive ketones (excluding diaryl/α,β-unsaturated/α-hetero) is 3. The highest BCUT2D eigenvalue weighted by Gasteiger charge is 2.72. The van der Waals surface area contributed by atoms with E-state index in [2.05, 4.69) is 13.8 Å². The fourth-order valence-electron chi connectivity index (χ4n) is 8.56. The van der Waals surface area contributed by atoms with Crippen LogP contribution in [0, 0.1) is 28.6 Å². The predicted octanol–water partition coefficient (Wildman–Crippen LogP) is 6.05. The summed E-state index contributed by atoms with van der Waals surface area (Å²) in [6.07, 6.45) is 5.56. The Labute approximate surface area is 242 Å². The second kappa shape index (κ2) is 9.55. The number of aryl methyl sites for hydroxylation is 1. The van der Waals surface area contributed by atoms with Gasteiger partial charge in [0, 0.05) is 22.3 Å². The van der Waals surface area contributed by atoms with Crippen molar-refractivity contribution in [1.29, 1.82) is 0 Å². The molecule has 4 N–H and O–H groups in total. The van der Waals surface area contributed by atoms with Crippen LogP contribution in [0.25, 0.3) is 5.76 Å². The predicted molar refractivity (Wildman–Crippen MR) is 156 cm³/mol. The van der Waals surface area contributed by atoms with Crippen LogP contribution in [0.2, 0.25) is 0 Å². The number of aliphatic hydroxyl groups is 3. The van der Waals surface area contributed by atoms with Crippen LogP contribution in [-0.2, 0) is 27.2 Å². The van der Waals surface area contributed by atoms with Crippen molar-refractivity contribution in [2.45, 2.75) is 105 Å². The maximum absolute atomic E-state index is 14.5. The molecular formula is C34H44O7. The Kier molecular flexibility index (Phi) is 6.88. The first-order valence-electron chi connectivity index (χ1n) is 15.1. The molecule has 0 aromatic heterocycles. The Morgan fingerprint density at radius 1 is 1.07 bits per heavy atom. The van der Waals surface area contributed by atoms with E-state index < -0.39 is 56.8 Å². The van der Waals surface area contributed by atoms with E-state index in [1.807, 2.05) is 13.0 Å². The van der Waals surface area contributed by atoms with Crippen LogP contribution in [0.5, 0.6) is 5.75 Å². The van der Waals surface area contributed by atoms with Crippen LogP contribution < -0.4 is 0 Å². The number of fused-ring (bicyclic) bond motifs is 3. The lowest BCUT2D eigenvalue weighted by molar-refractivity contribution is -0.178. The number of ketones is 3. The number of phenols is 1. The van der Waals surface area contributed by atoms with Gasteiger partial charge in [0.05, 0.1) is 5.56 Å². The molecule has 5 rings (SSSR count). The van der Waals surface area contributed by atoms with E-state index in [9.17, 15) is 34.8 Å². The summed E-state index contributed by atoms with van der Waals surface area (Å²) >= 11 is 0. The molecule has 4 atom stereocenters. The molecule has 7 nitrogen and oxygen atoms in total. The Bertz CT molecular complexity index is 1420. The highest BCUT2D eigenvalue weighted by molar-refractivity contribution is 6.24. The number of phenolic OH excluding ortho intramolecular Hbond substituents is 1. The van der Waals surface area contributed by atoms with Gasteiger partial charge >= 0.3 is 0 Å². The van der Waals surface area contributed by atoms with Crippen LogP contribution in [0.1, 0.15) is 109 Å². The van der Waals surface area contributed by atoms with Gasteiger partial charge in [-0.1, -0.05) is 66.9 Å². The average molecular weight is 565 g/mol. The molecule has 0 heterocycles. The summed E-state index contributed by atoms with van der Waals surface area (Å²) in [6, 6.07) is 2.03. The minimum absolute atomic E-state index is 0.0524. The molecule has 2 fully saturated rings. The molecule has 1 aromatic carbocycles. The summed E-state index contributed by atoms with van der Waals surface area (Å²) in [7, 11) is 0. The quantitative estimate of drug-likeness (QED) is 0.297. The summed E-state index contributed by atoms with van der Waals surface area (Å²) in [5.41, 5.74) is -2.97. The third-order valence-corrected chi connectivity index (χ3v) is 10.5. The van der Waals surface area contributed by atoms with Crippen LogP contribution in [0.3, 0.4) is 0 Å². The zero-order valence-corrected chi connectivity index (χ0v) is 25.4. The van der Waals surface area contributed by atoms with Crippen molar-refractivity contribution < 1.29 is 34.8 Å². The summed E-state index contributed by atoms with van der Waals surface area (Å²) in [4.78, 5) is 40.7. The zero-order chi connectivity index (χ0) is 30.4. The molecule has 2 saturated carbocycles. The minimum atomic E-state index is -2.59. The highest BCUT2D eigenvalue weighted by Crippen LogP contribution is 2.65. The first-order valence-corrected chi connectivity index (χ1v) is 15.1. The summed E-state index contributed by atoms with van der Waals surface area (Å²) in [5.74, 6) is -4.03. The van der Waals surface area contributed by atoms with E-state index in [4.69, 9.17) is 0 Å². The molecule has 0 amide bonds. The van der Waals surface area contributed by atoms with E-state index in [-0.39, 0.29) is 35.1 Å². The van der Waals surface area contributed by atoms with E-state index in [1.54, 1.807) is 20.8 Å². The van der Waals surface area contributed by atoms with Gasteiger partial charge in [0.1, 0.15) is 22.8 Å². The fourth-order valence-corrected chi connectivity index (χ4v) is 8.56. The number of aromatic hydroxyl groups is 1. The Morgan fingerprint density at radius 2 is 1.71 bits per heavy atom. The number of rotatable bonds is 7. The van der Waals surface area contributed by atoms with Crippen LogP contribution in [-0.4, -0.2) is 43.4 Å². The molecule has 0 bridgehead atoms. The lowest BCUT2D eigenvalue weighted by Gasteiger charge is -2.60. The van der Waals surface area contributed by atoms with Crippen molar-refractivity contribution in [2.24, 2.45) is 28.6 Å². The van der Waals surface area contributed by atoms with Gasteiger partial charge in [-0.15, -0.1) is 0 Å². The zero-order valence-electron chi connectivity index (χ0n) is 25.4. The topological polar surface area (TPSA) is 132 Å². The van der Waals surface area contributed by atoms with Crippen molar-refractivity contribution >= 4 is 23.1 Å². The summed E-state index contributed by atoms with van der Waals surface area (Å²) in [6.45, 7) is 12.4. The molecule has 0 saturated heterocycles. The molecule has 41 heavy (non-hydrogen) atoms. The second-order valence-electron chi connectivity index (χ2n) is 14.3. The average Bonchev–Trinajstić information content (AvgIpc) is 3.66. The summed E-state index contributed by atoms with van der Waals surface area (Å²) in [5, 5.41) is 46.9. The molecular weight excluding hydrogens is 520 g/mol. The van der Waals surface area contributed by atoms with Gasteiger partial charge in [-0.2, -0.15) is 0 Å². The molecule has 1 aromatic rings. The van der Waals surface area contributed by atoms with Crippen molar-refractivity contribution in [3.63, 3.8) is 0 Å². The number of carbonyl (C=O) groups excluding carboxylic acids is 3. The standard InChI is InChI=1S/C34H44O7/c1-16(2)21-13-20(10-8-9-19-11-12-19)27(36)24-22(21)14-32(6)15-33(7)25(17(3)4)28(37)23(18(5)35)30(39)34(33,41)31(40)26(32)29(24)38/h13,16-17,19,25,36,38-39,41H,8-12,14-15H2,1-7H3/t25?,32-,33-,34+/m1/s1. The van der Waals surface area contributed by atoms with E-state index in [0.29, 0.717) is 12.8 Å². The summed E-state index contributed by atoms with van der Waals surface area (Å²) < 4.78 is 0. The van der Waals surface area contributed by atoms with Crippen molar-refractivity contribution in [3.8, 4) is 5.75 Å². The van der Waals surface area contributed by atoms with Crippen molar-refractivity contribution in [3.05, 3.63) is 45.2 Å². The number of hydrogen-bond acceptors (Lipinski definition) is 7. The maximum Gasteiger partial charge on any atom is 0.203 e. The first-order chi connectivity index (χ1) is 19.0. The van der Waals surface area contributed by atoms with Crippen molar-refractivity contribution in [2.75, 3.05) is 0 Å². The lowest BCUT2D eigenvalue weighted by atomic mass is 9.43. The van der Waals surface area contributed by atoms with Gasteiger partial charge in [-0.05, 0) is 67.1 Å². The molecule has 0 aliphatic heterocycles. The molecule has 0 spiro atoms. The first kappa shape index (κ1) is 29.6. The third-order valence-electron chi connectivity index (χ3n) is 10.5. The van der Waals surface area contributed by atoms with Gasteiger partial charge < -0.3 is 20.4 Å². The van der Waals surface area contributed by atoms with E-state index in [1.165, 1.54) is 12.8 Å². The molecule has 222 valence electrons. The largest absolute Gasteiger partial charge is 0.508 e. The van der Waals surface area contributed by atoms with Gasteiger partial charge in [-0.25, -0.2) is 0 Å². The van der Waals surface area contributed by atoms with Crippen LogP contribution >= 0.6 is 0 Å². The van der Waals surface area contributed by atoms with E-state index >= 15 is 0 Å². The normalized spacial score (nSPS) is 31.5. The third kappa shape index (κ3) is 4.05. The van der Waals surface area contributed by atoms with E-state index in [0.717, 1.165) is 42.4 Å². The smallest absolute Gasteiger partial charge is 0.203 e. The number of aliphatic hydroxyl groups excluding tert-OH is 2. The highest BCUT2D eigenvalue weighted by atomic mass is 16.3. The minimum Gasteiger partial charge on any atom is -0.508 e. The SMILES string of the molecule is CC(=O)C1=C(O)[C@]2(O)C(=O)C3=C(O)c4c(O)c(CCCC5CC5)cc(C(C)C)c4C[C@]3(C)C[C@]2(C)C(C(C)C)C1=O. The number of benzene rings is 1. The van der Waals surface area contributed by atoms with Gasteiger partial charge in [-0.3, -0.25) is 14.4 Å². The fraction of sp³-hybridized carbons (Fsp3) is 0.618. The Morgan fingerprint density at radius 3 is 2.24 bits per heavy atom. The maximum atomic E-state index is 14.5. The Hall–Kier alpha value is -2.93. The van der Waals surface area contributed by atoms with Crippen LogP contribution in [0.4, 0.5) is 0 Å². The van der Waals surface area contributed by atoms with Crippen LogP contribution in [0.15, 0.2) is 23.0 Å². The molecule has 1 unspecified atom stereocenters. The van der Waals surface area contributed by atoms with Gasteiger partial charge in [0.2, 0.25) is 5.78 Å². The van der Waals surface area contributed by atoms with Gasteiger partial charge in [0.15, 0.2) is 17.2 Å². The number of allylic oxidation sites excluding steroid dienone is 1.